The molecule has 2 aliphatic carbocycles. The van der Waals surface area contributed by atoms with Crippen molar-refractivity contribution in [3.8, 4) is 11.4 Å². The van der Waals surface area contributed by atoms with E-state index in [9.17, 15) is 4.79 Å². The van der Waals surface area contributed by atoms with Crippen LogP contribution in [-0.2, 0) is 11.2 Å². The van der Waals surface area contributed by atoms with Gasteiger partial charge in [0.1, 0.15) is 6.04 Å². The first-order valence-electron chi connectivity index (χ1n) is 17.2. The number of carbonyl (C=O) groups excluding carboxylic acids is 1. The maximum absolute atomic E-state index is 13.1. The molecule has 2 fully saturated rings. The zero-order valence-electron chi connectivity index (χ0n) is 27.9. The third kappa shape index (κ3) is 7.57. The number of amides is 1. The second-order valence-electron chi connectivity index (χ2n) is 14.4. The largest absolute Gasteiger partial charge is 0.368 e. The molecule has 0 saturated heterocycles. The van der Waals surface area contributed by atoms with E-state index >= 15 is 0 Å². The summed E-state index contributed by atoms with van der Waals surface area (Å²) in [6.45, 7) is 11.2. The van der Waals surface area contributed by atoms with E-state index in [4.69, 9.17) is 5.10 Å². The number of hydrogen-bond donors (Lipinski definition) is 3. The number of fused-ring (bicyclic) bond motifs is 1. The lowest BCUT2D eigenvalue weighted by Crippen LogP contribution is -2.40. The minimum absolute atomic E-state index is 0.00324. The topological polar surface area (TPSA) is 127 Å². The van der Waals surface area contributed by atoms with Crippen LogP contribution in [0.3, 0.4) is 0 Å². The van der Waals surface area contributed by atoms with Crippen molar-refractivity contribution < 1.29 is 4.79 Å². The van der Waals surface area contributed by atoms with Crippen LogP contribution in [0.25, 0.3) is 17.0 Å². The average Bonchev–Trinajstić information content (AvgIpc) is 3.77. The van der Waals surface area contributed by atoms with Crippen LogP contribution in [-0.4, -0.2) is 66.4 Å². The maximum Gasteiger partial charge on any atom is 0.245 e. The van der Waals surface area contributed by atoms with E-state index in [1.54, 1.807) is 4.68 Å². The Morgan fingerprint density at radius 1 is 1.00 bits per heavy atom. The average molecular weight is 627 g/mol. The Morgan fingerprint density at radius 3 is 2.50 bits per heavy atom. The molecular weight excluding hydrogens is 576 g/mol. The molecule has 0 bridgehead atoms. The summed E-state index contributed by atoms with van der Waals surface area (Å²) in [5.41, 5.74) is 3.97. The summed E-state index contributed by atoms with van der Waals surface area (Å²) in [5, 5.41) is 33.3. The minimum Gasteiger partial charge on any atom is -0.368 e. The molecular formula is C35H50N10O. The zero-order valence-corrected chi connectivity index (χ0v) is 27.9. The molecule has 246 valence electrons. The number of carbonyl (C=O) groups is 1. The predicted molar refractivity (Wildman–Crippen MR) is 181 cm³/mol. The standard InChI is InChI=1S/C35H50N10O/c1-24(2)31(34(46)38-27-16-8-9-17-27)44-21-28(39-43-44)18-11-19-36-22-35(3,4)23-37-32-29(25-14-10-15-25)20-30-40-41-33(45(30)42-32)26-12-6-5-7-13-26/h5-7,12-13,20-21,24-25,27,31,36H,8-11,14-19,22-23H2,1-4H3,(H,37,42)(H,38,46)/t31-/m0/s1. The first-order chi connectivity index (χ1) is 22.3. The second kappa shape index (κ2) is 14.3. The molecule has 0 aliphatic heterocycles. The Labute approximate surface area is 272 Å². The van der Waals surface area contributed by atoms with E-state index in [1.807, 2.05) is 41.0 Å². The summed E-state index contributed by atoms with van der Waals surface area (Å²) < 4.78 is 3.63. The Balaban J connectivity index is 1.01. The van der Waals surface area contributed by atoms with Crippen molar-refractivity contribution >= 4 is 17.4 Å². The highest BCUT2D eigenvalue weighted by Crippen LogP contribution is 2.40. The molecule has 6 rings (SSSR count). The number of hydrogen-bond acceptors (Lipinski definition) is 8. The number of rotatable bonds is 15. The molecule has 11 nitrogen and oxygen atoms in total. The normalized spacial score (nSPS) is 16.6. The van der Waals surface area contributed by atoms with E-state index in [2.05, 4.69) is 70.2 Å². The predicted octanol–water partition coefficient (Wildman–Crippen LogP) is 5.57. The van der Waals surface area contributed by atoms with Gasteiger partial charge in [0.25, 0.3) is 0 Å². The zero-order chi connectivity index (χ0) is 32.1. The minimum atomic E-state index is -0.330. The number of benzene rings is 1. The van der Waals surface area contributed by atoms with Gasteiger partial charge in [-0.25, -0.2) is 4.68 Å². The fourth-order valence-corrected chi connectivity index (χ4v) is 6.64. The summed E-state index contributed by atoms with van der Waals surface area (Å²) in [5.74, 6) is 2.41. The van der Waals surface area contributed by atoms with Gasteiger partial charge in [-0.2, -0.15) is 4.52 Å². The molecule has 0 radical (unpaired) electrons. The van der Waals surface area contributed by atoms with Gasteiger partial charge in [0, 0.05) is 36.5 Å². The van der Waals surface area contributed by atoms with Crippen LogP contribution in [0.15, 0.2) is 42.6 Å². The van der Waals surface area contributed by atoms with Gasteiger partial charge >= 0.3 is 0 Å². The Morgan fingerprint density at radius 2 is 1.78 bits per heavy atom. The van der Waals surface area contributed by atoms with E-state index in [0.717, 1.165) is 73.9 Å². The molecule has 4 aromatic rings. The van der Waals surface area contributed by atoms with E-state index in [-0.39, 0.29) is 23.3 Å². The maximum atomic E-state index is 13.1. The quantitative estimate of drug-likeness (QED) is 0.146. The summed E-state index contributed by atoms with van der Waals surface area (Å²) in [4.78, 5) is 13.1. The van der Waals surface area contributed by atoms with E-state index < -0.39 is 0 Å². The van der Waals surface area contributed by atoms with Crippen molar-refractivity contribution in [2.75, 3.05) is 25.0 Å². The fourth-order valence-electron chi connectivity index (χ4n) is 6.64. The Hall–Kier alpha value is -3.86. The van der Waals surface area contributed by atoms with Gasteiger partial charge in [0.05, 0.1) is 5.69 Å². The Bertz CT molecular complexity index is 1580. The van der Waals surface area contributed by atoms with Gasteiger partial charge < -0.3 is 16.0 Å². The summed E-state index contributed by atoms with van der Waals surface area (Å²) in [7, 11) is 0. The number of nitrogens with zero attached hydrogens (tertiary/aromatic N) is 7. The van der Waals surface area contributed by atoms with Crippen molar-refractivity contribution in [3.05, 3.63) is 53.9 Å². The van der Waals surface area contributed by atoms with Gasteiger partial charge in [0.2, 0.25) is 5.91 Å². The number of nitrogens with one attached hydrogen (secondary N) is 3. The van der Waals surface area contributed by atoms with Gasteiger partial charge in [0.15, 0.2) is 17.3 Å². The first-order valence-corrected chi connectivity index (χ1v) is 17.2. The Kier molecular flexibility index (Phi) is 9.96. The highest BCUT2D eigenvalue weighted by atomic mass is 16.2. The smallest absolute Gasteiger partial charge is 0.245 e. The monoisotopic (exact) mass is 626 g/mol. The lowest BCUT2D eigenvalue weighted by molar-refractivity contribution is -0.126. The second-order valence-corrected chi connectivity index (χ2v) is 14.4. The molecule has 11 heteroatoms. The summed E-state index contributed by atoms with van der Waals surface area (Å²) >= 11 is 0. The van der Waals surface area contributed by atoms with Crippen LogP contribution in [0.4, 0.5) is 5.82 Å². The number of aryl methyl sites for hydroxylation is 1. The molecule has 3 aromatic heterocycles. The van der Waals surface area contributed by atoms with Crippen molar-refractivity contribution in [1.29, 1.82) is 0 Å². The molecule has 3 heterocycles. The summed E-state index contributed by atoms with van der Waals surface area (Å²) in [6.07, 6.45) is 11.9. The molecule has 0 unspecified atom stereocenters. The first kappa shape index (κ1) is 32.1. The highest BCUT2D eigenvalue weighted by molar-refractivity contribution is 5.80. The molecule has 2 saturated carbocycles. The molecule has 1 aromatic carbocycles. The van der Waals surface area contributed by atoms with Crippen molar-refractivity contribution in [2.24, 2.45) is 11.3 Å². The van der Waals surface area contributed by atoms with Gasteiger partial charge in [-0.3, -0.25) is 4.79 Å². The molecule has 3 N–H and O–H groups in total. The van der Waals surface area contributed by atoms with Crippen LogP contribution < -0.4 is 16.0 Å². The third-order valence-corrected chi connectivity index (χ3v) is 9.57. The van der Waals surface area contributed by atoms with Gasteiger partial charge in [-0.15, -0.1) is 20.4 Å². The van der Waals surface area contributed by atoms with Crippen LogP contribution >= 0.6 is 0 Å². The van der Waals surface area contributed by atoms with Crippen LogP contribution in [0.1, 0.15) is 102 Å². The van der Waals surface area contributed by atoms with Crippen molar-refractivity contribution in [3.63, 3.8) is 0 Å². The van der Waals surface area contributed by atoms with Gasteiger partial charge in [-0.1, -0.05) is 82.5 Å². The molecule has 46 heavy (non-hydrogen) atoms. The van der Waals surface area contributed by atoms with Crippen LogP contribution in [0.5, 0.6) is 0 Å². The lowest BCUT2D eigenvalue weighted by Gasteiger charge is -2.30. The SMILES string of the molecule is CC(C)[C@@H](C(=O)NC1CCCC1)n1cc(CCCNCC(C)(C)CNc2nn3c(-c4ccccc4)nnc3cc2C2CCC2)nn1. The molecule has 2 aliphatic rings. The van der Waals surface area contributed by atoms with Gasteiger partial charge in [-0.05, 0) is 68.4 Å². The third-order valence-electron chi connectivity index (χ3n) is 9.57. The van der Waals surface area contributed by atoms with Crippen LogP contribution in [0, 0.1) is 11.3 Å². The number of anilines is 1. The fraction of sp³-hybridized carbons (Fsp3) is 0.600. The molecule has 1 atom stereocenters. The lowest BCUT2D eigenvalue weighted by atomic mass is 9.80. The van der Waals surface area contributed by atoms with Crippen molar-refractivity contribution in [1.82, 2.24) is 45.4 Å². The number of aromatic nitrogens is 7. The van der Waals surface area contributed by atoms with Crippen LogP contribution in [0.2, 0.25) is 0 Å². The molecule has 1 amide bonds. The summed E-state index contributed by atoms with van der Waals surface area (Å²) in [6, 6.07) is 12.3. The highest BCUT2D eigenvalue weighted by Gasteiger charge is 2.29. The van der Waals surface area contributed by atoms with E-state index in [1.165, 1.54) is 37.7 Å². The molecule has 0 spiro atoms. The van der Waals surface area contributed by atoms with Crippen molar-refractivity contribution in [2.45, 2.75) is 103 Å². The van der Waals surface area contributed by atoms with E-state index in [0.29, 0.717) is 12.0 Å².